The van der Waals surface area contributed by atoms with Gasteiger partial charge in [0.2, 0.25) is 5.91 Å². The molecule has 0 bridgehead atoms. The zero-order valence-electron chi connectivity index (χ0n) is 13.6. The second kappa shape index (κ2) is 7.04. The van der Waals surface area contributed by atoms with Crippen LogP contribution >= 0.6 is 0 Å². The highest BCUT2D eigenvalue weighted by Crippen LogP contribution is 2.14. The van der Waals surface area contributed by atoms with Crippen LogP contribution in [-0.2, 0) is 18.4 Å². The van der Waals surface area contributed by atoms with Gasteiger partial charge in [0.25, 0.3) is 5.91 Å². The summed E-state index contributed by atoms with van der Waals surface area (Å²) in [5.41, 5.74) is 2.49. The number of aryl methyl sites for hydroxylation is 1. The van der Waals surface area contributed by atoms with Crippen LogP contribution in [0.4, 0.5) is 0 Å². The molecule has 2 amide bonds. The average molecular weight is 339 g/mol. The van der Waals surface area contributed by atoms with Gasteiger partial charge in [-0.15, -0.1) is 0 Å². The fourth-order valence-corrected chi connectivity index (χ4v) is 2.40. The van der Waals surface area contributed by atoms with Gasteiger partial charge in [-0.1, -0.05) is 24.3 Å². The second-order valence-corrected chi connectivity index (χ2v) is 5.55. The summed E-state index contributed by atoms with van der Waals surface area (Å²) in [5.74, 6) is -1.03. The molecule has 0 aliphatic rings. The van der Waals surface area contributed by atoms with Crippen LogP contribution in [0.2, 0.25) is 0 Å². The average Bonchev–Trinajstić information content (AvgIpc) is 2.92. The summed E-state index contributed by atoms with van der Waals surface area (Å²) in [4.78, 5) is 35.2. The topological polar surface area (TPSA) is 93.3 Å². The molecule has 0 saturated carbocycles. The molecule has 7 heteroatoms. The van der Waals surface area contributed by atoms with Gasteiger partial charge >= 0.3 is 5.76 Å². The molecule has 2 N–H and O–H groups in total. The van der Waals surface area contributed by atoms with Crippen molar-refractivity contribution in [2.45, 2.75) is 6.54 Å². The lowest BCUT2D eigenvalue weighted by Crippen LogP contribution is -2.36. The molecule has 0 atom stereocenters. The maximum atomic E-state index is 11.9. The first kappa shape index (κ1) is 16.5. The molecular weight excluding hydrogens is 322 g/mol. The van der Waals surface area contributed by atoms with Gasteiger partial charge in [-0.2, -0.15) is 0 Å². The van der Waals surface area contributed by atoms with E-state index in [-0.39, 0.29) is 24.9 Å². The van der Waals surface area contributed by atoms with Crippen LogP contribution in [-0.4, -0.2) is 22.9 Å². The lowest BCUT2D eigenvalue weighted by atomic mass is 10.2. The van der Waals surface area contributed by atoms with Gasteiger partial charge in [0.15, 0.2) is 5.58 Å². The minimum absolute atomic E-state index is 0.111. The summed E-state index contributed by atoms with van der Waals surface area (Å²) in [5, 5.41) is 5.29. The number of oxazole rings is 1. The third-order valence-corrected chi connectivity index (χ3v) is 3.79. The number of carbonyl (C=O) groups excluding carboxylic acids is 2. The Bertz CT molecular complexity index is 973. The monoisotopic (exact) mass is 339 g/mol. The lowest BCUT2D eigenvalue weighted by Gasteiger charge is -2.07. The van der Waals surface area contributed by atoms with Crippen molar-refractivity contribution in [1.82, 2.24) is 15.2 Å². The van der Waals surface area contributed by atoms with Crippen molar-refractivity contribution >= 4 is 22.9 Å². The molecule has 2 aromatic carbocycles. The minimum Gasteiger partial charge on any atom is -0.408 e. The Morgan fingerprint density at radius 2 is 1.84 bits per heavy atom. The molecule has 0 aliphatic heterocycles. The van der Waals surface area contributed by atoms with Gasteiger partial charge in [-0.3, -0.25) is 14.2 Å². The van der Waals surface area contributed by atoms with Crippen molar-refractivity contribution < 1.29 is 14.0 Å². The number of aromatic nitrogens is 1. The zero-order chi connectivity index (χ0) is 17.8. The summed E-state index contributed by atoms with van der Waals surface area (Å²) >= 11 is 0. The van der Waals surface area contributed by atoms with Crippen molar-refractivity contribution in [3.63, 3.8) is 0 Å². The maximum absolute atomic E-state index is 11.9. The molecule has 0 spiro atoms. The first-order valence-electron chi connectivity index (χ1n) is 7.73. The molecule has 3 rings (SSSR count). The van der Waals surface area contributed by atoms with E-state index in [1.54, 1.807) is 49.5 Å². The van der Waals surface area contributed by atoms with E-state index in [0.29, 0.717) is 16.7 Å². The van der Waals surface area contributed by atoms with E-state index in [1.165, 1.54) is 4.57 Å². The Balaban J connectivity index is 1.55. The number of carbonyl (C=O) groups is 2. The van der Waals surface area contributed by atoms with Crippen LogP contribution in [0.1, 0.15) is 15.9 Å². The van der Waals surface area contributed by atoms with E-state index in [1.807, 2.05) is 6.07 Å². The predicted octanol–water partition coefficient (Wildman–Crippen LogP) is 1.18. The van der Waals surface area contributed by atoms with Crippen molar-refractivity contribution in [2.24, 2.45) is 7.05 Å². The molecule has 0 radical (unpaired) electrons. The first-order valence-corrected chi connectivity index (χ1v) is 7.73. The highest BCUT2D eigenvalue weighted by molar-refractivity contribution is 5.96. The summed E-state index contributed by atoms with van der Waals surface area (Å²) in [6.45, 7) is 0.176. The number of hydrogen-bond donors (Lipinski definition) is 2. The standard InChI is InChI=1S/C18H17N3O4/c1-21-14-9-12(7-8-15(14)25-18(21)24)10-19-16(22)11-20-17(23)13-5-3-2-4-6-13/h2-9H,10-11H2,1H3,(H,19,22)(H,20,23). The molecule has 1 aromatic heterocycles. The van der Waals surface area contributed by atoms with E-state index in [2.05, 4.69) is 10.6 Å². The molecule has 0 unspecified atom stereocenters. The van der Waals surface area contributed by atoms with Crippen LogP contribution in [0, 0.1) is 0 Å². The molecule has 1 heterocycles. The van der Waals surface area contributed by atoms with Crippen molar-refractivity contribution in [1.29, 1.82) is 0 Å². The number of fused-ring (bicyclic) bond motifs is 1. The third kappa shape index (κ3) is 3.77. The van der Waals surface area contributed by atoms with Gasteiger partial charge in [0.1, 0.15) is 0 Å². The smallest absolute Gasteiger partial charge is 0.408 e. The summed E-state index contributed by atoms with van der Waals surface area (Å²) in [7, 11) is 1.62. The van der Waals surface area contributed by atoms with Crippen molar-refractivity contribution in [3.8, 4) is 0 Å². The number of nitrogens with one attached hydrogen (secondary N) is 2. The van der Waals surface area contributed by atoms with Gasteiger partial charge in [-0.05, 0) is 29.8 Å². The van der Waals surface area contributed by atoms with Crippen LogP contribution < -0.4 is 16.4 Å². The zero-order valence-corrected chi connectivity index (χ0v) is 13.6. The Morgan fingerprint density at radius 3 is 2.60 bits per heavy atom. The quantitative estimate of drug-likeness (QED) is 0.730. The molecule has 0 saturated heterocycles. The molecule has 0 aliphatic carbocycles. The largest absolute Gasteiger partial charge is 0.419 e. The van der Waals surface area contributed by atoms with Crippen LogP contribution in [0.3, 0.4) is 0 Å². The maximum Gasteiger partial charge on any atom is 0.419 e. The Hall–Kier alpha value is -3.35. The number of benzene rings is 2. The lowest BCUT2D eigenvalue weighted by molar-refractivity contribution is -0.120. The molecule has 128 valence electrons. The predicted molar refractivity (Wildman–Crippen MR) is 92.1 cm³/mol. The van der Waals surface area contributed by atoms with E-state index in [4.69, 9.17) is 4.42 Å². The number of rotatable bonds is 5. The number of amides is 2. The number of hydrogen-bond acceptors (Lipinski definition) is 4. The van der Waals surface area contributed by atoms with Crippen LogP contribution in [0.15, 0.2) is 57.7 Å². The van der Waals surface area contributed by atoms with E-state index >= 15 is 0 Å². The molecular formula is C18H17N3O4. The Kier molecular flexibility index (Phi) is 4.65. The van der Waals surface area contributed by atoms with E-state index < -0.39 is 5.76 Å². The number of nitrogens with zero attached hydrogens (tertiary/aromatic N) is 1. The van der Waals surface area contributed by atoms with Crippen molar-refractivity contribution in [2.75, 3.05) is 6.54 Å². The summed E-state index contributed by atoms with van der Waals surface area (Å²) in [6, 6.07) is 13.9. The van der Waals surface area contributed by atoms with Gasteiger partial charge < -0.3 is 15.1 Å². The molecule has 7 nitrogen and oxygen atoms in total. The summed E-state index contributed by atoms with van der Waals surface area (Å²) in [6.07, 6.45) is 0. The highest BCUT2D eigenvalue weighted by Gasteiger charge is 2.09. The molecule has 3 aromatic rings. The SMILES string of the molecule is Cn1c(=O)oc2ccc(CNC(=O)CNC(=O)c3ccccc3)cc21. The third-order valence-electron chi connectivity index (χ3n) is 3.79. The van der Waals surface area contributed by atoms with Crippen LogP contribution in [0.25, 0.3) is 11.1 Å². The van der Waals surface area contributed by atoms with Gasteiger partial charge in [0.05, 0.1) is 12.1 Å². The highest BCUT2D eigenvalue weighted by atomic mass is 16.4. The molecule has 0 fully saturated rings. The second-order valence-electron chi connectivity index (χ2n) is 5.55. The Morgan fingerprint density at radius 1 is 1.08 bits per heavy atom. The first-order chi connectivity index (χ1) is 12.0. The normalized spacial score (nSPS) is 10.6. The molecule has 25 heavy (non-hydrogen) atoms. The van der Waals surface area contributed by atoms with Gasteiger partial charge in [-0.25, -0.2) is 4.79 Å². The fraction of sp³-hybridized carbons (Fsp3) is 0.167. The minimum atomic E-state index is -0.431. The fourth-order valence-electron chi connectivity index (χ4n) is 2.40. The van der Waals surface area contributed by atoms with Crippen LogP contribution in [0.5, 0.6) is 0 Å². The van der Waals surface area contributed by atoms with E-state index in [0.717, 1.165) is 5.56 Å². The van der Waals surface area contributed by atoms with E-state index in [9.17, 15) is 14.4 Å². The van der Waals surface area contributed by atoms with Gasteiger partial charge in [0, 0.05) is 19.2 Å². The Labute approximate surface area is 143 Å². The summed E-state index contributed by atoms with van der Waals surface area (Å²) < 4.78 is 6.46. The van der Waals surface area contributed by atoms with Crippen molar-refractivity contribution in [3.05, 3.63) is 70.2 Å².